The smallest absolute Gasteiger partial charge is 0.0482 e. The Hall–Kier alpha value is -1.50. The van der Waals surface area contributed by atoms with E-state index in [-0.39, 0.29) is 0 Å². The summed E-state index contributed by atoms with van der Waals surface area (Å²) < 4.78 is 2.24. The van der Waals surface area contributed by atoms with E-state index in [1.165, 1.54) is 22.5 Å². The van der Waals surface area contributed by atoms with Crippen molar-refractivity contribution in [3.05, 3.63) is 46.8 Å². The number of hydrogen-bond acceptors (Lipinski definition) is 0. The van der Waals surface area contributed by atoms with Gasteiger partial charge in [0.1, 0.15) is 0 Å². The molecule has 1 aliphatic carbocycles. The summed E-state index contributed by atoms with van der Waals surface area (Å²) in [4.78, 5) is 0. The van der Waals surface area contributed by atoms with Crippen LogP contribution in [0.15, 0.2) is 24.3 Å². The summed E-state index contributed by atoms with van der Waals surface area (Å²) >= 11 is 0. The highest BCUT2D eigenvalue weighted by atomic mass is 15.0. The van der Waals surface area contributed by atoms with E-state index in [0.717, 1.165) is 0 Å². The largest absolute Gasteiger partial charge is 0.348 e. The van der Waals surface area contributed by atoms with Crippen molar-refractivity contribution in [1.82, 2.24) is 4.57 Å². The summed E-state index contributed by atoms with van der Waals surface area (Å²) in [6.45, 7) is 4.34. The lowest BCUT2D eigenvalue weighted by Crippen LogP contribution is -1.93. The molecule has 0 amide bonds. The van der Waals surface area contributed by atoms with Gasteiger partial charge in [-0.25, -0.2) is 0 Å². The molecule has 0 fully saturated rings. The third kappa shape index (κ3) is 1.25. The summed E-state index contributed by atoms with van der Waals surface area (Å²) in [5.74, 6) is 0. The van der Waals surface area contributed by atoms with Crippen LogP contribution in [0.25, 0.3) is 12.2 Å². The number of fused-ring (bicyclic) bond motifs is 1. The lowest BCUT2D eigenvalue weighted by molar-refractivity contribution is 0.866. The Morgan fingerprint density at radius 3 is 2.29 bits per heavy atom. The molecule has 1 heteroatoms. The maximum Gasteiger partial charge on any atom is 0.0482 e. The van der Waals surface area contributed by atoms with E-state index in [1.807, 2.05) is 0 Å². The fraction of sp³-hybridized carbons (Fsp3) is 0.231. The number of hydrogen-bond donors (Lipinski definition) is 0. The van der Waals surface area contributed by atoms with Gasteiger partial charge in [-0.15, -0.1) is 0 Å². The second-order valence-corrected chi connectivity index (χ2v) is 3.67. The zero-order valence-electron chi connectivity index (χ0n) is 8.91. The van der Waals surface area contributed by atoms with Gasteiger partial charge in [0.2, 0.25) is 0 Å². The van der Waals surface area contributed by atoms with Gasteiger partial charge in [0.15, 0.2) is 0 Å². The second kappa shape index (κ2) is 3.33. The predicted octanol–water partition coefficient (Wildman–Crippen LogP) is 3.24. The fourth-order valence-corrected chi connectivity index (χ4v) is 1.84. The number of allylic oxidation sites excluding steroid dienone is 4. The van der Waals surface area contributed by atoms with Gasteiger partial charge in [-0.2, -0.15) is 0 Å². The first-order valence-corrected chi connectivity index (χ1v) is 4.89. The highest BCUT2D eigenvalue weighted by Crippen LogP contribution is 2.24. The first-order chi connectivity index (χ1) is 6.72. The quantitative estimate of drug-likeness (QED) is 0.584. The van der Waals surface area contributed by atoms with Gasteiger partial charge in [0, 0.05) is 24.0 Å². The summed E-state index contributed by atoms with van der Waals surface area (Å²) in [6, 6.07) is 0. The molecule has 0 saturated carbocycles. The molecule has 0 radical (unpaired) electrons. The zero-order chi connectivity index (χ0) is 10.1. The van der Waals surface area contributed by atoms with Crippen molar-refractivity contribution < 1.29 is 0 Å². The van der Waals surface area contributed by atoms with Crippen LogP contribution in [0.2, 0.25) is 0 Å². The molecule has 1 heterocycles. The molecule has 1 aromatic rings. The standard InChI is InChI=1S/C13H15N/c1-10-11(2)14(3)13-9-7-5-4-6-8-12(10)13/h4-9H,1-3H3. The van der Waals surface area contributed by atoms with Crippen molar-refractivity contribution in [2.45, 2.75) is 13.8 Å². The van der Waals surface area contributed by atoms with Crippen molar-refractivity contribution in [3.63, 3.8) is 0 Å². The van der Waals surface area contributed by atoms with Gasteiger partial charge in [-0.05, 0) is 25.5 Å². The molecule has 0 N–H and O–H groups in total. The maximum absolute atomic E-state index is 2.24. The fourth-order valence-electron chi connectivity index (χ4n) is 1.84. The first-order valence-electron chi connectivity index (χ1n) is 4.89. The summed E-state index contributed by atoms with van der Waals surface area (Å²) in [7, 11) is 2.12. The van der Waals surface area contributed by atoms with Crippen molar-refractivity contribution >= 4 is 12.2 Å². The van der Waals surface area contributed by atoms with Crippen LogP contribution in [0.5, 0.6) is 0 Å². The van der Waals surface area contributed by atoms with Crippen LogP contribution in [0.1, 0.15) is 22.5 Å². The monoisotopic (exact) mass is 185 g/mol. The molecule has 0 aromatic carbocycles. The Labute approximate surface area is 85.1 Å². The highest BCUT2D eigenvalue weighted by Gasteiger charge is 2.10. The van der Waals surface area contributed by atoms with Crippen LogP contribution in [0.3, 0.4) is 0 Å². The van der Waals surface area contributed by atoms with E-state index in [4.69, 9.17) is 0 Å². The van der Waals surface area contributed by atoms with Crippen LogP contribution in [-0.4, -0.2) is 4.57 Å². The third-order valence-electron chi connectivity index (χ3n) is 2.94. The average molecular weight is 185 g/mol. The zero-order valence-corrected chi connectivity index (χ0v) is 8.91. The second-order valence-electron chi connectivity index (χ2n) is 3.67. The molecule has 1 aromatic heterocycles. The van der Waals surface area contributed by atoms with Crippen molar-refractivity contribution in [2.24, 2.45) is 7.05 Å². The Balaban J connectivity index is 2.71. The summed E-state index contributed by atoms with van der Waals surface area (Å²) in [5, 5.41) is 0. The number of rotatable bonds is 0. The maximum atomic E-state index is 2.24. The first kappa shape index (κ1) is 9.07. The van der Waals surface area contributed by atoms with Gasteiger partial charge in [-0.3, -0.25) is 0 Å². The Morgan fingerprint density at radius 1 is 0.929 bits per heavy atom. The van der Waals surface area contributed by atoms with Crippen LogP contribution in [0.4, 0.5) is 0 Å². The lowest BCUT2D eigenvalue weighted by atomic mass is 10.1. The van der Waals surface area contributed by atoms with Crippen molar-refractivity contribution in [1.29, 1.82) is 0 Å². The predicted molar refractivity (Wildman–Crippen MR) is 62.1 cm³/mol. The van der Waals surface area contributed by atoms with Gasteiger partial charge in [0.05, 0.1) is 0 Å². The topological polar surface area (TPSA) is 4.93 Å². The molecule has 0 saturated heterocycles. The van der Waals surface area contributed by atoms with E-state index in [2.05, 4.69) is 61.9 Å². The Bertz CT molecular complexity index is 403. The minimum absolute atomic E-state index is 1.29. The lowest BCUT2D eigenvalue weighted by Gasteiger charge is -2.01. The number of aromatic nitrogens is 1. The molecular formula is C13H15N. The molecule has 0 unspecified atom stereocenters. The van der Waals surface area contributed by atoms with Gasteiger partial charge in [-0.1, -0.05) is 30.4 Å². The molecule has 1 aliphatic rings. The van der Waals surface area contributed by atoms with E-state index in [9.17, 15) is 0 Å². The Morgan fingerprint density at radius 2 is 1.57 bits per heavy atom. The SMILES string of the molecule is Cc1c2c(n(C)c1C)C=CC=CC=C2. The summed E-state index contributed by atoms with van der Waals surface area (Å²) in [5.41, 5.74) is 5.34. The van der Waals surface area contributed by atoms with Crippen LogP contribution < -0.4 is 0 Å². The summed E-state index contributed by atoms with van der Waals surface area (Å²) in [6.07, 6.45) is 12.6. The number of nitrogens with zero attached hydrogens (tertiary/aromatic N) is 1. The normalized spacial score (nSPS) is 13.9. The average Bonchev–Trinajstić information content (AvgIpc) is 2.31. The molecule has 14 heavy (non-hydrogen) atoms. The van der Waals surface area contributed by atoms with Crippen LogP contribution >= 0.6 is 0 Å². The molecule has 0 bridgehead atoms. The van der Waals surface area contributed by atoms with E-state index in [0.29, 0.717) is 0 Å². The molecule has 2 rings (SSSR count). The van der Waals surface area contributed by atoms with E-state index < -0.39 is 0 Å². The molecular weight excluding hydrogens is 170 g/mol. The minimum Gasteiger partial charge on any atom is -0.348 e. The highest BCUT2D eigenvalue weighted by molar-refractivity contribution is 5.70. The van der Waals surface area contributed by atoms with Crippen molar-refractivity contribution in [2.75, 3.05) is 0 Å². The molecule has 72 valence electrons. The van der Waals surface area contributed by atoms with Crippen LogP contribution in [-0.2, 0) is 7.05 Å². The minimum atomic E-state index is 1.29. The van der Waals surface area contributed by atoms with Crippen LogP contribution in [0, 0.1) is 13.8 Å². The third-order valence-corrected chi connectivity index (χ3v) is 2.94. The van der Waals surface area contributed by atoms with E-state index in [1.54, 1.807) is 0 Å². The van der Waals surface area contributed by atoms with Gasteiger partial charge < -0.3 is 4.57 Å². The van der Waals surface area contributed by atoms with Crippen molar-refractivity contribution in [3.8, 4) is 0 Å². The van der Waals surface area contributed by atoms with E-state index >= 15 is 0 Å². The molecule has 0 aliphatic heterocycles. The van der Waals surface area contributed by atoms with Gasteiger partial charge in [0.25, 0.3) is 0 Å². The van der Waals surface area contributed by atoms with Gasteiger partial charge >= 0.3 is 0 Å². The molecule has 0 atom stereocenters. The Kier molecular flexibility index (Phi) is 2.16. The molecule has 1 nitrogen and oxygen atoms in total. The molecule has 0 spiro atoms.